The average molecular weight is 467 g/mol. The van der Waals surface area contributed by atoms with Gasteiger partial charge in [-0.05, 0) is 46.5 Å². The zero-order valence-corrected chi connectivity index (χ0v) is 17.2. The van der Waals surface area contributed by atoms with E-state index in [0.29, 0.717) is 17.1 Å². The van der Waals surface area contributed by atoms with Gasteiger partial charge >= 0.3 is 6.18 Å². The molecule has 0 radical (unpaired) electrons. The normalized spacial score (nSPS) is 12.3. The van der Waals surface area contributed by atoms with E-state index in [9.17, 15) is 21.6 Å². The number of aromatic nitrogens is 6. The van der Waals surface area contributed by atoms with Gasteiger partial charge in [0.2, 0.25) is 5.16 Å². The molecule has 0 aliphatic rings. The van der Waals surface area contributed by atoms with Crippen LogP contribution in [0, 0.1) is 0 Å². The molecule has 2 aromatic carbocycles. The van der Waals surface area contributed by atoms with Crippen molar-refractivity contribution in [2.45, 2.75) is 21.3 Å². The Kier molecular flexibility index (Phi) is 5.26. The molecule has 0 unspecified atom stereocenters. The van der Waals surface area contributed by atoms with E-state index in [2.05, 4.69) is 30.2 Å². The van der Waals surface area contributed by atoms with Crippen LogP contribution in [0.15, 0.2) is 63.6 Å². The molecule has 14 heteroatoms. The lowest BCUT2D eigenvalue weighted by molar-refractivity contribution is -0.139. The maximum absolute atomic E-state index is 13.4. The zero-order chi connectivity index (χ0) is 22.2. The molecule has 4 rings (SSSR count). The zero-order valence-electron chi connectivity index (χ0n) is 15.6. The summed E-state index contributed by atoms with van der Waals surface area (Å²) in [4.78, 5) is 7.72. The second kappa shape index (κ2) is 7.77. The largest absolute Gasteiger partial charge is 0.417 e. The standard InChI is InChI=1S/C17H12F3N7O2S2/c1-27-16(23-25-26-27)30-15-14(21-11-7-3-4-8-12(11)22-15)24-31(28,29)13-9-5-2-6-10(13)17(18,19)20/h2-9H,1H3,(H,21,24). The van der Waals surface area contributed by atoms with Gasteiger partial charge in [0.25, 0.3) is 10.0 Å². The highest BCUT2D eigenvalue weighted by Gasteiger charge is 2.37. The smallest absolute Gasteiger partial charge is 0.261 e. The van der Waals surface area contributed by atoms with Crippen molar-refractivity contribution in [1.82, 2.24) is 30.2 Å². The third-order valence-electron chi connectivity index (χ3n) is 4.02. The molecule has 0 saturated heterocycles. The van der Waals surface area contributed by atoms with Gasteiger partial charge in [0.05, 0.1) is 21.5 Å². The summed E-state index contributed by atoms with van der Waals surface area (Å²) in [7, 11) is -3.08. The highest BCUT2D eigenvalue weighted by molar-refractivity contribution is 7.99. The number of aryl methyl sites for hydroxylation is 1. The maximum Gasteiger partial charge on any atom is 0.417 e. The Bertz CT molecular complexity index is 1370. The quantitative estimate of drug-likeness (QED) is 0.476. The molecule has 31 heavy (non-hydrogen) atoms. The molecule has 2 heterocycles. The average Bonchev–Trinajstić information content (AvgIpc) is 3.12. The summed E-state index contributed by atoms with van der Waals surface area (Å²) >= 11 is 0.912. The fourth-order valence-electron chi connectivity index (χ4n) is 2.63. The van der Waals surface area contributed by atoms with Gasteiger partial charge in [0.15, 0.2) is 5.82 Å². The number of hydrogen-bond acceptors (Lipinski definition) is 8. The minimum absolute atomic E-state index is 0.0738. The number of hydrogen-bond donors (Lipinski definition) is 1. The van der Waals surface area contributed by atoms with E-state index in [1.807, 2.05) is 0 Å². The van der Waals surface area contributed by atoms with Crippen molar-refractivity contribution in [1.29, 1.82) is 0 Å². The molecule has 0 fully saturated rings. The van der Waals surface area contributed by atoms with Gasteiger partial charge < -0.3 is 0 Å². The second-order valence-corrected chi connectivity index (χ2v) is 8.76. The first-order valence-corrected chi connectivity index (χ1v) is 10.8. The van der Waals surface area contributed by atoms with Crippen molar-refractivity contribution in [2.24, 2.45) is 7.05 Å². The number of rotatable bonds is 5. The first-order valence-electron chi connectivity index (χ1n) is 8.51. The van der Waals surface area contributed by atoms with Crippen molar-refractivity contribution in [2.75, 3.05) is 4.72 Å². The molecular formula is C17H12F3N7O2S2. The van der Waals surface area contributed by atoms with Gasteiger partial charge in [0.1, 0.15) is 5.03 Å². The van der Waals surface area contributed by atoms with Crippen LogP contribution in [0.5, 0.6) is 0 Å². The number of anilines is 1. The molecule has 0 atom stereocenters. The van der Waals surface area contributed by atoms with E-state index < -0.39 is 26.7 Å². The Morgan fingerprint density at radius 1 is 1.00 bits per heavy atom. The summed E-state index contributed by atoms with van der Waals surface area (Å²) < 4.78 is 69.3. The Balaban J connectivity index is 1.82. The molecule has 0 bridgehead atoms. The van der Waals surface area contributed by atoms with Crippen molar-refractivity contribution in [3.05, 3.63) is 54.1 Å². The van der Waals surface area contributed by atoms with E-state index >= 15 is 0 Å². The van der Waals surface area contributed by atoms with E-state index in [-0.39, 0.29) is 16.0 Å². The van der Waals surface area contributed by atoms with Crippen LogP contribution in [-0.4, -0.2) is 38.6 Å². The van der Waals surface area contributed by atoms with E-state index in [4.69, 9.17) is 0 Å². The number of para-hydroxylation sites is 2. The van der Waals surface area contributed by atoms with Crippen LogP contribution in [0.25, 0.3) is 11.0 Å². The van der Waals surface area contributed by atoms with Crippen LogP contribution in [-0.2, 0) is 23.2 Å². The third kappa shape index (κ3) is 4.29. The Hall–Kier alpha value is -3.26. The predicted octanol–water partition coefficient (Wildman–Crippen LogP) is 3.12. The molecule has 0 saturated carbocycles. The summed E-state index contributed by atoms with van der Waals surface area (Å²) in [6.45, 7) is 0. The number of alkyl halides is 3. The number of nitrogens with zero attached hydrogens (tertiary/aromatic N) is 6. The molecule has 0 aliphatic carbocycles. The van der Waals surface area contributed by atoms with Gasteiger partial charge in [-0.1, -0.05) is 24.3 Å². The molecule has 0 spiro atoms. The third-order valence-corrected chi connectivity index (χ3v) is 6.42. The Labute approximate surface area is 177 Å². The molecule has 9 nitrogen and oxygen atoms in total. The highest BCUT2D eigenvalue weighted by atomic mass is 32.2. The topological polar surface area (TPSA) is 116 Å². The summed E-state index contributed by atoms with van der Waals surface area (Å²) in [6, 6.07) is 10.5. The first kappa shape index (κ1) is 21.0. The monoisotopic (exact) mass is 467 g/mol. The van der Waals surface area contributed by atoms with Crippen LogP contribution < -0.4 is 4.72 Å². The molecule has 0 aliphatic heterocycles. The fraction of sp³-hybridized carbons (Fsp3) is 0.118. The summed E-state index contributed by atoms with van der Waals surface area (Å²) in [5.74, 6) is -0.247. The number of halogens is 3. The Morgan fingerprint density at radius 2 is 1.65 bits per heavy atom. The van der Waals surface area contributed by atoms with Gasteiger partial charge in [0, 0.05) is 7.05 Å². The van der Waals surface area contributed by atoms with E-state index in [0.717, 1.165) is 23.9 Å². The van der Waals surface area contributed by atoms with E-state index in [1.165, 1.54) is 10.7 Å². The van der Waals surface area contributed by atoms with Crippen LogP contribution in [0.3, 0.4) is 0 Å². The number of benzene rings is 2. The van der Waals surface area contributed by atoms with Gasteiger partial charge in [-0.15, -0.1) is 5.10 Å². The number of tetrazole rings is 1. The minimum Gasteiger partial charge on any atom is -0.261 e. The van der Waals surface area contributed by atoms with Gasteiger partial charge in [-0.2, -0.15) is 13.2 Å². The number of sulfonamides is 1. The summed E-state index contributed by atoms with van der Waals surface area (Å²) in [6.07, 6.45) is -4.86. The summed E-state index contributed by atoms with van der Waals surface area (Å²) in [5, 5.41) is 11.3. The van der Waals surface area contributed by atoms with Crippen LogP contribution >= 0.6 is 11.8 Å². The maximum atomic E-state index is 13.4. The molecule has 0 amide bonds. The lowest BCUT2D eigenvalue weighted by atomic mass is 10.2. The summed E-state index contributed by atoms with van der Waals surface area (Å²) in [5.41, 5.74) is -0.480. The fourth-order valence-corrected chi connectivity index (χ4v) is 4.69. The van der Waals surface area contributed by atoms with E-state index in [1.54, 1.807) is 31.3 Å². The van der Waals surface area contributed by atoms with Crippen molar-refractivity contribution < 1.29 is 21.6 Å². The number of nitrogens with one attached hydrogen (secondary N) is 1. The van der Waals surface area contributed by atoms with Crippen LogP contribution in [0.4, 0.5) is 19.0 Å². The SMILES string of the molecule is Cn1nnnc1Sc1nc2ccccc2nc1NS(=O)(=O)c1ccccc1C(F)(F)F. The van der Waals surface area contributed by atoms with Crippen molar-refractivity contribution in [3.8, 4) is 0 Å². The minimum atomic E-state index is -4.86. The predicted molar refractivity (Wildman–Crippen MR) is 105 cm³/mol. The molecule has 2 aromatic heterocycles. The van der Waals surface area contributed by atoms with Gasteiger partial charge in [-0.25, -0.2) is 23.1 Å². The van der Waals surface area contributed by atoms with Crippen molar-refractivity contribution in [3.63, 3.8) is 0 Å². The second-order valence-electron chi connectivity index (χ2n) is 6.15. The lowest BCUT2D eigenvalue weighted by Crippen LogP contribution is -2.20. The van der Waals surface area contributed by atoms with Gasteiger partial charge in [-0.3, -0.25) is 4.72 Å². The van der Waals surface area contributed by atoms with Crippen molar-refractivity contribution >= 4 is 38.6 Å². The molecule has 4 aromatic rings. The Morgan fingerprint density at radius 3 is 2.29 bits per heavy atom. The van der Waals surface area contributed by atoms with Crippen LogP contribution in [0.2, 0.25) is 0 Å². The number of fused-ring (bicyclic) bond motifs is 1. The molecule has 160 valence electrons. The molecular weight excluding hydrogens is 455 g/mol. The lowest BCUT2D eigenvalue weighted by Gasteiger charge is -2.15. The van der Waals surface area contributed by atoms with Crippen LogP contribution in [0.1, 0.15) is 5.56 Å². The first-order chi connectivity index (χ1) is 14.6. The highest BCUT2D eigenvalue weighted by Crippen LogP contribution is 2.36. The molecule has 1 N–H and O–H groups in total.